The van der Waals surface area contributed by atoms with Crippen molar-refractivity contribution in [1.29, 1.82) is 0 Å². The van der Waals surface area contributed by atoms with Crippen molar-refractivity contribution in [3.63, 3.8) is 0 Å². The zero-order chi connectivity index (χ0) is 14.3. The molecule has 104 valence electrons. The van der Waals surface area contributed by atoms with Crippen molar-refractivity contribution in [3.8, 4) is 0 Å². The van der Waals surface area contributed by atoms with Crippen molar-refractivity contribution < 1.29 is 12.9 Å². The quantitative estimate of drug-likeness (QED) is 0.776. The van der Waals surface area contributed by atoms with Crippen LogP contribution in [0.25, 0.3) is 10.9 Å². The number of aromatic nitrogens is 2. The van der Waals surface area contributed by atoms with E-state index in [1.807, 2.05) is 12.1 Å². The van der Waals surface area contributed by atoms with Crippen LogP contribution in [0.15, 0.2) is 39.9 Å². The molecule has 0 unspecified atom stereocenters. The molecule has 0 spiro atoms. The minimum absolute atomic E-state index is 0.0880. The van der Waals surface area contributed by atoms with Crippen LogP contribution in [0.5, 0.6) is 0 Å². The standard InChI is InChI=1S/C13H13N3O3S/c1-8-13(9(2)19-15-8)20(17,18)16-12-5-3-4-11-10(12)6-7-14-11/h3-7,14,16H,1-2H3. The van der Waals surface area contributed by atoms with E-state index < -0.39 is 10.0 Å². The van der Waals surface area contributed by atoms with Crippen LogP contribution in [0.2, 0.25) is 0 Å². The summed E-state index contributed by atoms with van der Waals surface area (Å²) in [5.41, 5.74) is 1.73. The number of benzene rings is 1. The number of aromatic amines is 1. The zero-order valence-corrected chi connectivity index (χ0v) is 11.8. The minimum atomic E-state index is -3.72. The molecule has 7 heteroatoms. The highest BCUT2D eigenvalue weighted by Gasteiger charge is 2.24. The van der Waals surface area contributed by atoms with Crippen molar-refractivity contribution in [3.05, 3.63) is 41.9 Å². The lowest BCUT2D eigenvalue weighted by Crippen LogP contribution is -2.14. The predicted molar refractivity (Wildman–Crippen MR) is 75.1 cm³/mol. The molecule has 1 aromatic carbocycles. The van der Waals surface area contributed by atoms with Gasteiger partial charge in [0.1, 0.15) is 5.69 Å². The van der Waals surface area contributed by atoms with E-state index in [4.69, 9.17) is 4.52 Å². The van der Waals surface area contributed by atoms with Gasteiger partial charge in [-0.1, -0.05) is 11.2 Å². The van der Waals surface area contributed by atoms with E-state index in [1.165, 1.54) is 0 Å². The molecule has 0 radical (unpaired) electrons. The summed E-state index contributed by atoms with van der Waals surface area (Å²) >= 11 is 0. The second-order valence-corrected chi connectivity index (χ2v) is 6.12. The molecule has 0 fully saturated rings. The van der Waals surface area contributed by atoms with Gasteiger partial charge in [-0.3, -0.25) is 4.72 Å². The van der Waals surface area contributed by atoms with E-state index in [2.05, 4.69) is 14.9 Å². The summed E-state index contributed by atoms with van der Waals surface area (Å²) in [6, 6.07) is 7.19. The average molecular weight is 291 g/mol. The lowest BCUT2D eigenvalue weighted by Gasteiger charge is -2.08. The smallest absolute Gasteiger partial charge is 0.267 e. The van der Waals surface area contributed by atoms with Crippen LogP contribution >= 0.6 is 0 Å². The first-order valence-electron chi connectivity index (χ1n) is 6.01. The van der Waals surface area contributed by atoms with Crippen molar-refractivity contribution >= 4 is 26.6 Å². The summed E-state index contributed by atoms with van der Waals surface area (Å²) in [5.74, 6) is 0.274. The Balaban J connectivity index is 2.09. The molecule has 0 saturated carbocycles. The van der Waals surface area contributed by atoms with Crippen LogP contribution in [-0.4, -0.2) is 18.6 Å². The van der Waals surface area contributed by atoms with Crippen molar-refractivity contribution in [2.45, 2.75) is 18.7 Å². The molecule has 2 heterocycles. The van der Waals surface area contributed by atoms with E-state index in [1.54, 1.807) is 32.2 Å². The fourth-order valence-corrected chi connectivity index (χ4v) is 3.64. The Kier molecular flexibility index (Phi) is 2.79. The summed E-state index contributed by atoms with van der Waals surface area (Å²) < 4.78 is 32.4. The molecule has 0 aliphatic rings. The highest BCUT2D eigenvalue weighted by molar-refractivity contribution is 7.92. The van der Waals surface area contributed by atoms with Crippen LogP contribution < -0.4 is 4.72 Å². The van der Waals surface area contributed by atoms with Gasteiger partial charge in [0.2, 0.25) is 0 Å². The Bertz CT molecular complexity index is 858. The Hall–Kier alpha value is -2.28. The van der Waals surface area contributed by atoms with Gasteiger partial charge in [-0.15, -0.1) is 0 Å². The topological polar surface area (TPSA) is 88.0 Å². The maximum Gasteiger partial charge on any atom is 0.267 e. The van der Waals surface area contributed by atoms with Crippen LogP contribution in [0.1, 0.15) is 11.5 Å². The maximum absolute atomic E-state index is 12.4. The maximum atomic E-state index is 12.4. The van der Waals surface area contributed by atoms with Gasteiger partial charge >= 0.3 is 0 Å². The lowest BCUT2D eigenvalue weighted by molar-refractivity contribution is 0.390. The third kappa shape index (κ3) is 1.96. The zero-order valence-electron chi connectivity index (χ0n) is 11.0. The number of sulfonamides is 1. The average Bonchev–Trinajstić information content (AvgIpc) is 2.96. The van der Waals surface area contributed by atoms with E-state index in [9.17, 15) is 8.42 Å². The number of anilines is 1. The van der Waals surface area contributed by atoms with Crippen molar-refractivity contribution in [2.75, 3.05) is 4.72 Å². The number of fused-ring (bicyclic) bond motifs is 1. The summed E-state index contributed by atoms with van der Waals surface area (Å²) in [7, 11) is -3.72. The molecule has 6 nitrogen and oxygen atoms in total. The van der Waals surface area contributed by atoms with Gasteiger partial charge in [0.05, 0.1) is 5.69 Å². The van der Waals surface area contributed by atoms with Crippen LogP contribution in [0.4, 0.5) is 5.69 Å². The van der Waals surface area contributed by atoms with Gasteiger partial charge in [0.15, 0.2) is 10.7 Å². The van der Waals surface area contributed by atoms with Gasteiger partial charge in [-0.25, -0.2) is 8.42 Å². The van der Waals surface area contributed by atoms with Crippen molar-refractivity contribution in [1.82, 2.24) is 10.1 Å². The summed E-state index contributed by atoms with van der Waals surface area (Å²) in [5, 5.41) is 4.48. The number of nitrogens with one attached hydrogen (secondary N) is 2. The molecule has 3 rings (SSSR count). The normalized spacial score (nSPS) is 11.9. The van der Waals surface area contributed by atoms with E-state index in [0.717, 1.165) is 10.9 Å². The van der Waals surface area contributed by atoms with Crippen LogP contribution in [-0.2, 0) is 10.0 Å². The minimum Gasteiger partial charge on any atom is -0.361 e. The Morgan fingerprint density at radius 3 is 2.75 bits per heavy atom. The Morgan fingerprint density at radius 1 is 1.25 bits per heavy atom. The van der Waals surface area contributed by atoms with Gasteiger partial charge < -0.3 is 9.51 Å². The third-order valence-electron chi connectivity index (χ3n) is 3.08. The highest BCUT2D eigenvalue weighted by Crippen LogP contribution is 2.27. The highest BCUT2D eigenvalue weighted by atomic mass is 32.2. The fraction of sp³-hybridized carbons (Fsp3) is 0.154. The second-order valence-electron chi connectivity index (χ2n) is 4.50. The van der Waals surface area contributed by atoms with Gasteiger partial charge in [-0.2, -0.15) is 0 Å². The summed E-state index contributed by atoms with van der Waals surface area (Å²) in [6.07, 6.45) is 1.76. The summed E-state index contributed by atoms with van der Waals surface area (Å²) in [4.78, 5) is 3.13. The van der Waals surface area contributed by atoms with Crippen molar-refractivity contribution in [2.24, 2.45) is 0 Å². The van der Waals surface area contributed by atoms with Gasteiger partial charge in [0, 0.05) is 17.1 Å². The number of H-pyrrole nitrogens is 1. The molecule has 3 aromatic rings. The first-order chi connectivity index (χ1) is 9.49. The molecule has 0 aliphatic carbocycles. The molecular weight excluding hydrogens is 278 g/mol. The second kappa shape index (κ2) is 4.38. The largest absolute Gasteiger partial charge is 0.361 e. The van der Waals surface area contributed by atoms with Crippen LogP contribution in [0, 0.1) is 13.8 Å². The molecule has 0 saturated heterocycles. The number of hydrogen-bond acceptors (Lipinski definition) is 4. The van der Waals surface area contributed by atoms with Gasteiger partial charge in [0.25, 0.3) is 10.0 Å². The Morgan fingerprint density at radius 2 is 2.05 bits per heavy atom. The Labute approximate surface area is 115 Å². The van der Waals surface area contributed by atoms with E-state index >= 15 is 0 Å². The van der Waals surface area contributed by atoms with E-state index in [-0.39, 0.29) is 10.7 Å². The molecular formula is C13H13N3O3S. The third-order valence-corrected chi connectivity index (χ3v) is 4.68. The monoisotopic (exact) mass is 291 g/mol. The lowest BCUT2D eigenvalue weighted by atomic mass is 10.2. The molecule has 2 aromatic heterocycles. The molecule has 0 aliphatic heterocycles. The van der Waals surface area contributed by atoms with Gasteiger partial charge in [-0.05, 0) is 32.0 Å². The first kappa shape index (κ1) is 12.7. The summed E-state index contributed by atoms with van der Waals surface area (Å²) in [6.45, 7) is 3.17. The molecule has 0 amide bonds. The number of hydrogen-bond donors (Lipinski definition) is 2. The number of aryl methyl sites for hydroxylation is 2. The first-order valence-corrected chi connectivity index (χ1v) is 7.49. The predicted octanol–water partition coefficient (Wildman–Crippen LogP) is 2.57. The van der Waals surface area contributed by atoms with Crippen LogP contribution in [0.3, 0.4) is 0 Å². The fourth-order valence-electron chi connectivity index (χ4n) is 2.23. The molecule has 20 heavy (non-hydrogen) atoms. The SMILES string of the molecule is Cc1noc(C)c1S(=O)(=O)Nc1cccc2[nH]ccc12. The molecule has 2 N–H and O–H groups in total. The number of rotatable bonds is 3. The molecule has 0 atom stereocenters. The number of nitrogens with zero attached hydrogens (tertiary/aromatic N) is 1. The molecule has 0 bridgehead atoms. The van der Waals surface area contributed by atoms with E-state index in [0.29, 0.717) is 11.4 Å².